The van der Waals surface area contributed by atoms with Gasteiger partial charge in [0.05, 0.1) is 5.00 Å². The first kappa shape index (κ1) is 20.0. The lowest BCUT2D eigenvalue weighted by Gasteiger charge is -2.39. The quantitative estimate of drug-likeness (QED) is 0.797. The van der Waals surface area contributed by atoms with Crippen LogP contribution in [-0.2, 0) is 4.79 Å². The largest absolute Gasteiger partial charge is 0.368 e. The molecule has 1 N–H and O–H groups in total. The monoisotopic (exact) mass is 432 g/mol. The highest BCUT2D eigenvalue weighted by atomic mass is 35.5. The summed E-state index contributed by atoms with van der Waals surface area (Å²) in [6.45, 7) is 4.32. The van der Waals surface area contributed by atoms with Crippen LogP contribution in [0.25, 0.3) is 0 Å². The Hall–Kier alpha value is -2.25. The summed E-state index contributed by atoms with van der Waals surface area (Å²) in [4.78, 5) is 31.4. The number of urea groups is 1. The number of thiophene rings is 1. The van der Waals surface area contributed by atoms with Crippen LogP contribution < -0.4 is 10.2 Å². The Bertz CT molecular complexity index is 844. The fraction of sp³-hybridized carbons (Fsp3) is 0.429. The molecule has 1 aromatic heterocycles. The molecule has 4 rings (SSSR count). The molecule has 2 aliphatic rings. The molecule has 6 nitrogen and oxygen atoms in total. The highest BCUT2D eigenvalue weighted by Crippen LogP contribution is 2.24. The van der Waals surface area contributed by atoms with Crippen molar-refractivity contribution in [2.75, 3.05) is 49.5 Å². The van der Waals surface area contributed by atoms with Crippen LogP contribution in [0.5, 0.6) is 0 Å². The average molecular weight is 433 g/mol. The summed E-state index contributed by atoms with van der Waals surface area (Å²) in [5.74, 6) is 0.243. The SMILES string of the molecule is O=C(Nc1cccs1)N1CCC(C(=O)N2CCN(c3cccc(Cl)c3)CC2)CC1. The maximum atomic E-state index is 13.0. The van der Waals surface area contributed by atoms with Gasteiger partial charge in [-0.2, -0.15) is 0 Å². The van der Waals surface area contributed by atoms with Crippen molar-refractivity contribution >= 4 is 45.6 Å². The van der Waals surface area contributed by atoms with Crippen molar-refractivity contribution in [2.24, 2.45) is 5.92 Å². The predicted octanol–water partition coefficient (Wildman–Crippen LogP) is 3.99. The van der Waals surface area contributed by atoms with E-state index in [1.807, 2.05) is 40.6 Å². The smallest absolute Gasteiger partial charge is 0.322 e. The van der Waals surface area contributed by atoms with Crippen molar-refractivity contribution in [1.82, 2.24) is 9.80 Å². The van der Waals surface area contributed by atoms with E-state index in [0.29, 0.717) is 13.1 Å². The minimum Gasteiger partial charge on any atom is -0.368 e. The molecule has 8 heteroatoms. The molecule has 2 saturated heterocycles. The summed E-state index contributed by atoms with van der Waals surface area (Å²) in [6, 6.07) is 11.6. The number of carbonyl (C=O) groups excluding carboxylic acids is 2. The van der Waals surface area contributed by atoms with Crippen LogP contribution in [0.15, 0.2) is 41.8 Å². The minimum atomic E-state index is -0.0755. The molecule has 0 atom stereocenters. The highest BCUT2D eigenvalue weighted by molar-refractivity contribution is 7.14. The summed E-state index contributed by atoms with van der Waals surface area (Å²) >= 11 is 7.60. The molecule has 1 aromatic carbocycles. The van der Waals surface area contributed by atoms with E-state index in [-0.39, 0.29) is 17.9 Å². The summed E-state index contributed by atoms with van der Waals surface area (Å²) < 4.78 is 0. The van der Waals surface area contributed by atoms with E-state index in [4.69, 9.17) is 11.6 Å². The molecule has 0 saturated carbocycles. The standard InChI is InChI=1S/C21H25ClN4O2S/c22-17-3-1-4-18(15-17)24-10-12-25(13-11-24)20(27)16-6-8-26(9-7-16)21(28)23-19-5-2-14-29-19/h1-5,14-16H,6-13H2,(H,23,28). The number of hydrogen-bond acceptors (Lipinski definition) is 4. The molecule has 154 valence electrons. The summed E-state index contributed by atoms with van der Waals surface area (Å²) in [6.07, 6.45) is 1.45. The lowest BCUT2D eigenvalue weighted by molar-refractivity contribution is -0.137. The van der Waals surface area contributed by atoms with Gasteiger partial charge in [0, 0.05) is 55.9 Å². The topological polar surface area (TPSA) is 55.9 Å². The predicted molar refractivity (Wildman–Crippen MR) is 118 cm³/mol. The molecule has 0 spiro atoms. The second-order valence-electron chi connectivity index (χ2n) is 7.46. The van der Waals surface area contributed by atoms with E-state index in [2.05, 4.69) is 16.3 Å². The zero-order valence-electron chi connectivity index (χ0n) is 16.2. The van der Waals surface area contributed by atoms with Crippen LogP contribution in [0.3, 0.4) is 0 Å². The normalized spacial score (nSPS) is 18.0. The van der Waals surface area contributed by atoms with Crippen LogP contribution in [0.4, 0.5) is 15.5 Å². The number of piperazine rings is 1. The van der Waals surface area contributed by atoms with Gasteiger partial charge in [0.15, 0.2) is 0 Å². The van der Waals surface area contributed by atoms with E-state index in [1.54, 1.807) is 4.90 Å². The molecule has 29 heavy (non-hydrogen) atoms. The van der Waals surface area contributed by atoms with E-state index in [9.17, 15) is 9.59 Å². The van der Waals surface area contributed by atoms with Crippen molar-refractivity contribution in [3.8, 4) is 0 Å². The molecule has 2 fully saturated rings. The van der Waals surface area contributed by atoms with Gasteiger partial charge >= 0.3 is 6.03 Å². The Morgan fingerprint density at radius 1 is 0.966 bits per heavy atom. The van der Waals surface area contributed by atoms with Gasteiger partial charge in [0.1, 0.15) is 0 Å². The number of halogens is 1. The molecule has 0 aliphatic carbocycles. The lowest BCUT2D eigenvalue weighted by atomic mass is 9.95. The number of anilines is 2. The summed E-state index contributed by atoms with van der Waals surface area (Å²) in [7, 11) is 0. The van der Waals surface area contributed by atoms with Gasteiger partial charge in [-0.1, -0.05) is 17.7 Å². The molecule has 2 aliphatic heterocycles. The van der Waals surface area contributed by atoms with Crippen LogP contribution in [0.2, 0.25) is 5.02 Å². The van der Waals surface area contributed by atoms with Gasteiger partial charge in [-0.3, -0.25) is 10.1 Å². The van der Waals surface area contributed by atoms with Crippen LogP contribution in [-0.4, -0.2) is 61.0 Å². The van der Waals surface area contributed by atoms with Gasteiger partial charge in [-0.05, 0) is 48.6 Å². The first-order valence-electron chi connectivity index (χ1n) is 9.99. The number of likely N-dealkylation sites (tertiary alicyclic amines) is 1. The molecule has 0 unspecified atom stereocenters. The maximum Gasteiger partial charge on any atom is 0.322 e. The molecule has 0 radical (unpaired) electrons. The third-order valence-electron chi connectivity index (χ3n) is 5.65. The van der Waals surface area contributed by atoms with Crippen molar-refractivity contribution in [3.05, 3.63) is 46.8 Å². The second kappa shape index (κ2) is 9.05. The fourth-order valence-corrected chi connectivity index (χ4v) is 4.77. The highest BCUT2D eigenvalue weighted by Gasteiger charge is 2.31. The van der Waals surface area contributed by atoms with Crippen molar-refractivity contribution in [3.63, 3.8) is 0 Å². The number of carbonyl (C=O) groups is 2. The van der Waals surface area contributed by atoms with E-state index in [0.717, 1.165) is 54.7 Å². The molecular formula is C21H25ClN4O2S. The minimum absolute atomic E-state index is 0.0125. The first-order chi connectivity index (χ1) is 14.1. The maximum absolute atomic E-state index is 13.0. The van der Waals surface area contributed by atoms with Crippen LogP contribution >= 0.6 is 22.9 Å². The number of hydrogen-bond donors (Lipinski definition) is 1. The lowest BCUT2D eigenvalue weighted by Crippen LogP contribution is -2.52. The summed E-state index contributed by atoms with van der Waals surface area (Å²) in [5.41, 5.74) is 1.11. The molecule has 3 heterocycles. The molecule has 0 bridgehead atoms. The Kier molecular flexibility index (Phi) is 6.25. The zero-order valence-corrected chi connectivity index (χ0v) is 17.8. The number of amides is 3. The van der Waals surface area contributed by atoms with Gasteiger partial charge in [0.2, 0.25) is 5.91 Å². The van der Waals surface area contributed by atoms with Crippen LogP contribution in [0, 0.1) is 5.92 Å². The van der Waals surface area contributed by atoms with E-state index >= 15 is 0 Å². The van der Waals surface area contributed by atoms with Gasteiger partial charge < -0.3 is 14.7 Å². The zero-order chi connectivity index (χ0) is 20.2. The van der Waals surface area contributed by atoms with Crippen molar-refractivity contribution in [1.29, 1.82) is 0 Å². The molecule has 3 amide bonds. The van der Waals surface area contributed by atoms with E-state index in [1.165, 1.54) is 11.3 Å². The average Bonchev–Trinajstić information content (AvgIpc) is 3.26. The second-order valence-corrected chi connectivity index (χ2v) is 8.85. The molecular weight excluding hydrogens is 408 g/mol. The van der Waals surface area contributed by atoms with Crippen molar-refractivity contribution in [2.45, 2.75) is 12.8 Å². The number of nitrogens with one attached hydrogen (secondary N) is 1. The van der Waals surface area contributed by atoms with Crippen molar-refractivity contribution < 1.29 is 9.59 Å². The Labute approximate surface area is 180 Å². The Morgan fingerprint density at radius 3 is 2.38 bits per heavy atom. The van der Waals surface area contributed by atoms with Gasteiger partial charge in [-0.25, -0.2) is 4.79 Å². The fourth-order valence-electron chi connectivity index (χ4n) is 3.98. The number of benzene rings is 1. The Morgan fingerprint density at radius 2 is 1.72 bits per heavy atom. The Balaban J connectivity index is 1.24. The molecule has 2 aromatic rings. The third kappa shape index (κ3) is 4.85. The van der Waals surface area contributed by atoms with Gasteiger partial charge in [0.25, 0.3) is 0 Å². The van der Waals surface area contributed by atoms with Crippen LogP contribution in [0.1, 0.15) is 12.8 Å². The third-order valence-corrected chi connectivity index (χ3v) is 6.67. The van der Waals surface area contributed by atoms with E-state index < -0.39 is 0 Å². The first-order valence-corrected chi connectivity index (χ1v) is 11.2. The van der Waals surface area contributed by atoms with Gasteiger partial charge in [-0.15, -0.1) is 11.3 Å². The summed E-state index contributed by atoms with van der Waals surface area (Å²) in [5, 5.41) is 6.44. The number of piperidine rings is 1. The number of rotatable bonds is 3. The number of nitrogens with zero attached hydrogens (tertiary/aromatic N) is 3.